The molecule has 1 atom stereocenters. The van der Waals surface area contributed by atoms with Crippen molar-refractivity contribution < 1.29 is 19.1 Å². The maximum atomic E-state index is 12.8. The van der Waals surface area contributed by atoms with Crippen LogP contribution in [0.1, 0.15) is 26.3 Å². The van der Waals surface area contributed by atoms with Gasteiger partial charge < -0.3 is 15.7 Å². The summed E-state index contributed by atoms with van der Waals surface area (Å²) < 4.78 is 12.8. The van der Waals surface area contributed by atoms with E-state index in [4.69, 9.17) is 5.11 Å². The van der Waals surface area contributed by atoms with Crippen molar-refractivity contribution in [3.63, 3.8) is 0 Å². The van der Waals surface area contributed by atoms with Crippen LogP contribution in [0.3, 0.4) is 0 Å². The van der Waals surface area contributed by atoms with Crippen molar-refractivity contribution in [1.29, 1.82) is 0 Å². The Morgan fingerprint density at radius 1 is 1.30 bits per heavy atom. The maximum Gasteiger partial charge on any atom is 0.405 e. The SMILES string of the molecule is CC(NC(=O)O)C(=O)NC(C)(C)Cc1ccc(F)cc1. The smallest absolute Gasteiger partial charge is 0.405 e. The minimum absolute atomic E-state index is 0.310. The quantitative estimate of drug-likeness (QED) is 0.772. The molecule has 0 radical (unpaired) electrons. The van der Waals surface area contributed by atoms with E-state index in [-0.39, 0.29) is 5.82 Å². The van der Waals surface area contributed by atoms with Gasteiger partial charge in [0.2, 0.25) is 5.91 Å². The van der Waals surface area contributed by atoms with Crippen molar-refractivity contribution in [2.45, 2.75) is 38.8 Å². The summed E-state index contributed by atoms with van der Waals surface area (Å²) in [5.41, 5.74) is 0.319. The van der Waals surface area contributed by atoms with Gasteiger partial charge in [-0.3, -0.25) is 4.79 Å². The van der Waals surface area contributed by atoms with Gasteiger partial charge >= 0.3 is 6.09 Å². The highest BCUT2D eigenvalue weighted by Crippen LogP contribution is 2.13. The number of hydrogen-bond donors (Lipinski definition) is 3. The molecule has 5 nitrogen and oxygen atoms in total. The van der Waals surface area contributed by atoms with E-state index in [9.17, 15) is 14.0 Å². The van der Waals surface area contributed by atoms with Crippen molar-refractivity contribution in [1.82, 2.24) is 10.6 Å². The molecule has 0 heterocycles. The number of carboxylic acid groups (broad SMARTS) is 1. The van der Waals surface area contributed by atoms with Crippen molar-refractivity contribution in [3.8, 4) is 0 Å². The molecule has 3 N–H and O–H groups in total. The molecule has 1 unspecified atom stereocenters. The summed E-state index contributed by atoms with van der Waals surface area (Å²) in [5.74, 6) is -0.714. The Morgan fingerprint density at radius 3 is 2.35 bits per heavy atom. The Kier molecular flexibility index (Phi) is 5.07. The van der Waals surface area contributed by atoms with Crippen molar-refractivity contribution >= 4 is 12.0 Å². The summed E-state index contributed by atoms with van der Waals surface area (Å²) in [6, 6.07) is 5.20. The van der Waals surface area contributed by atoms with Gasteiger partial charge in [-0.2, -0.15) is 0 Å². The van der Waals surface area contributed by atoms with Crippen LogP contribution in [-0.2, 0) is 11.2 Å². The fourth-order valence-corrected chi connectivity index (χ4v) is 1.85. The third-order valence-corrected chi connectivity index (χ3v) is 2.75. The number of carbonyl (C=O) groups is 2. The first-order valence-electron chi connectivity index (χ1n) is 6.25. The number of nitrogens with one attached hydrogen (secondary N) is 2. The van der Waals surface area contributed by atoms with Crippen LogP contribution in [0.4, 0.5) is 9.18 Å². The van der Waals surface area contributed by atoms with Gasteiger partial charge in [0.25, 0.3) is 0 Å². The Hall–Kier alpha value is -2.11. The Morgan fingerprint density at radius 2 is 1.85 bits per heavy atom. The van der Waals surface area contributed by atoms with Gasteiger partial charge in [0.1, 0.15) is 11.9 Å². The zero-order valence-electron chi connectivity index (χ0n) is 11.7. The second kappa shape index (κ2) is 6.36. The molecule has 110 valence electrons. The van der Waals surface area contributed by atoms with E-state index in [0.717, 1.165) is 5.56 Å². The number of benzene rings is 1. The third kappa shape index (κ3) is 5.26. The fraction of sp³-hybridized carbons (Fsp3) is 0.429. The molecule has 0 spiro atoms. The first kappa shape index (κ1) is 15.9. The largest absolute Gasteiger partial charge is 0.465 e. The van der Waals surface area contributed by atoms with Crippen molar-refractivity contribution in [2.75, 3.05) is 0 Å². The minimum atomic E-state index is -1.25. The predicted molar refractivity (Wildman–Crippen MR) is 72.9 cm³/mol. The second-order valence-corrected chi connectivity index (χ2v) is 5.35. The van der Waals surface area contributed by atoms with E-state index in [2.05, 4.69) is 10.6 Å². The van der Waals surface area contributed by atoms with Gasteiger partial charge in [0.15, 0.2) is 0 Å². The normalized spacial score (nSPS) is 12.6. The summed E-state index contributed by atoms with van der Waals surface area (Å²) >= 11 is 0. The lowest BCUT2D eigenvalue weighted by atomic mass is 9.94. The van der Waals surface area contributed by atoms with Crippen LogP contribution in [0, 0.1) is 5.82 Å². The van der Waals surface area contributed by atoms with Crippen LogP contribution >= 0.6 is 0 Å². The van der Waals surface area contributed by atoms with E-state index in [1.807, 2.05) is 13.8 Å². The highest BCUT2D eigenvalue weighted by atomic mass is 19.1. The first-order valence-corrected chi connectivity index (χ1v) is 6.25. The van der Waals surface area contributed by atoms with E-state index in [1.54, 1.807) is 12.1 Å². The monoisotopic (exact) mass is 282 g/mol. The van der Waals surface area contributed by atoms with Crippen LogP contribution in [0.2, 0.25) is 0 Å². The molecule has 1 aromatic carbocycles. The van der Waals surface area contributed by atoms with E-state index in [0.29, 0.717) is 6.42 Å². The standard InChI is InChI=1S/C14H19FN2O3/c1-9(16-13(19)20)12(18)17-14(2,3)8-10-4-6-11(15)7-5-10/h4-7,9,16H,8H2,1-3H3,(H,17,18)(H,19,20). The minimum Gasteiger partial charge on any atom is -0.465 e. The topological polar surface area (TPSA) is 78.4 Å². The lowest BCUT2D eigenvalue weighted by Crippen LogP contribution is -2.52. The summed E-state index contributed by atoms with van der Waals surface area (Å²) in [6.45, 7) is 5.11. The molecule has 0 aliphatic rings. The van der Waals surface area contributed by atoms with E-state index >= 15 is 0 Å². The third-order valence-electron chi connectivity index (χ3n) is 2.75. The van der Waals surface area contributed by atoms with Crippen molar-refractivity contribution in [3.05, 3.63) is 35.6 Å². The Balaban J connectivity index is 2.62. The molecule has 0 bridgehead atoms. The summed E-state index contributed by atoms with van der Waals surface area (Å²) in [4.78, 5) is 22.3. The molecule has 0 fully saturated rings. The van der Waals surface area contributed by atoms with Gasteiger partial charge in [-0.05, 0) is 44.9 Å². The lowest BCUT2D eigenvalue weighted by molar-refractivity contribution is -0.124. The molecule has 0 aromatic heterocycles. The van der Waals surface area contributed by atoms with Crippen LogP contribution < -0.4 is 10.6 Å². The number of halogens is 1. The van der Waals surface area contributed by atoms with Gasteiger partial charge in [-0.15, -0.1) is 0 Å². The zero-order chi connectivity index (χ0) is 15.3. The zero-order valence-corrected chi connectivity index (χ0v) is 11.7. The first-order chi connectivity index (χ1) is 9.19. The van der Waals surface area contributed by atoms with Crippen LogP contribution in [-0.4, -0.2) is 28.7 Å². The van der Waals surface area contributed by atoms with Crippen molar-refractivity contribution in [2.24, 2.45) is 0 Å². The van der Waals surface area contributed by atoms with Gasteiger partial charge in [0.05, 0.1) is 0 Å². The predicted octanol–water partition coefficient (Wildman–Crippen LogP) is 1.92. The number of carbonyl (C=O) groups excluding carboxylic acids is 1. The molecule has 0 saturated carbocycles. The molecule has 1 rings (SSSR count). The lowest BCUT2D eigenvalue weighted by Gasteiger charge is -2.28. The van der Waals surface area contributed by atoms with Gasteiger partial charge in [-0.25, -0.2) is 9.18 Å². The molecular weight excluding hydrogens is 263 g/mol. The highest BCUT2D eigenvalue weighted by Gasteiger charge is 2.24. The molecule has 0 saturated heterocycles. The molecule has 1 aromatic rings. The summed E-state index contributed by atoms with van der Waals surface area (Å²) in [5, 5.41) is 13.4. The average Bonchev–Trinajstić information content (AvgIpc) is 2.30. The molecule has 2 amide bonds. The Labute approximate surface area is 117 Å². The Bertz CT molecular complexity index is 486. The molecule has 6 heteroatoms. The molecular formula is C14H19FN2O3. The van der Waals surface area contributed by atoms with Gasteiger partial charge in [0, 0.05) is 5.54 Å². The van der Waals surface area contributed by atoms with Crippen LogP contribution in [0.5, 0.6) is 0 Å². The number of hydrogen-bond acceptors (Lipinski definition) is 2. The second-order valence-electron chi connectivity index (χ2n) is 5.35. The van der Waals surface area contributed by atoms with Crippen LogP contribution in [0.25, 0.3) is 0 Å². The number of amides is 2. The molecule has 0 aliphatic heterocycles. The van der Waals surface area contributed by atoms with E-state index in [1.165, 1.54) is 19.1 Å². The summed E-state index contributed by atoms with van der Waals surface area (Å²) in [7, 11) is 0. The van der Waals surface area contributed by atoms with Gasteiger partial charge in [-0.1, -0.05) is 12.1 Å². The van der Waals surface area contributed by atoms with Crippen LogP contribution in [0.15, 0.2) is 24.3 Å². The average molecular weight is 282 g/mol. The molecule has 20 heavy (non-hydrogen) atoms. The fourth-order valence-electron chi connectivity index (χ4n) is 1.85. The summed E-state index contributed by atoms with van der Waals surface area (Å²) in [6.07, 6.45) is -0.734. The highest BCUT2D eigenvalue weighted by molar-refractivity contribution is 5.85. The van der Waals surface area contributed by atoms with E-state index < -0.39 is 23.6 Å². The number of rotatable bonds is 5. The molecule has 0 aliphatic carbocycles. The maximum absolute atomic E-state index is 12.8.